The van der Waals surface area contributed by atoms with Crippen molar-refractivity contribution in [2.75, 3.05) is 4.90 Å². The molecule has 1 heterocycles. The Kier molecular flexibility index (Phi) is 4.68. The molecule has 2 aromatic carbocycles. The Morgan fingerprint density at radius 2 is 1.63 bits per heavy atom. The number of aliphatic hydroxyl groups is 1. The summed E-state index contributed by atoms with van der Waals surface area (Å²) in [5.41, 5.74) is 2.94. The maximum atomic E-state index is 13.1. The SMILES string of the molecule is Cc1cccc(N2C(=O)C(O)=C(C(=O)C(C)(C)C)C2c2ccccc2)c1C. The van der Waals surface area contributed by atoms with Gasteiger partial charge in [0.05, 0.1) is 11.6 Å². The molecule has 0 aliphatic carbocycles. The molecule has 4 heteroatoms. The van der Waals surface area contributed by atoms with Crippen molar-refractivity contribution in [2.45, 2.75) is 40.7 Å². The minimum Gasteiger partial charge on any atom is -0.503 e. The lowest BCUT2D eigenvalue weighted by molar-refractivity contribution is -0.123. The van der Waals surface area contributed by atoms with Crippen LogP contribution in [0.15, 0.2) is 59.9 Å². The van der Waals surface area contributed by atoms with Crippen LogP contribution >= 0.6 is 0 Å². The highest BCUT2D eigenvalue weighted by molar-refractivity contribution is 6.17. The van der Waals surface area contributed by atoms with Crippen molar-refractivity contribution < 1.29 is 14.7 Å². The van der Waals surface area contributed by atoms with Crippen LogP contribution in [0.2, 0.25) is 0 Å². The van der Waals surface area contributed by atoms with Gasteiger partial charge in [-0.15, -0.1) is 0 Å². The lowest BCUT2D eigenvalue weighted by Crippen LogP contribution is -2.33. The monoisotopic (exact) mass is 363 g/mol. The molecule has 0 radical (unpaired) electrons. The number of aryl methyl sites for hydroxylation is 1. The number of anilines is 1. The number of ketones is 1. The van der Waals surface area contributed by atoms with E-state index in [-0.39, 0.29) is 11.4 Å². The van der Waals surface area contributed by atoms with Gasteiger partial charge in [0, 0.05) is 11.1 Å². The van der Waals surface area contributed by atoms with E-state index in [9.17, 15) is 14.7 Å². The fourth-order valence-electron chi connectivity index (χ4n) is 3.44. The zero-order valence-electron chi connectivity index (χ0n) is 16.4. The molecule has 1 unspecified atom stereocenters. The quantitative estimate of drug-likeness (QED) is 0.851. The van der Waals surface area contributed by atoms with Crippen LogP contribution in [-0.2, 0) is 9.59 Å². The van der Waals surface area contributed by atoms with Gasteiger partial charge in [-0.05, 0) is 36.6 Å². The molecule has 0 spiro atoms. The Bertz CT molecular complexity index is 936. The minimum absolute atomic E-state index is 0.166. The van der Waals surface area contributed by atoms with E-state index >= 15 is 0 Å². The largest absolute Gasteiger partial charge is 0.503 e. The molecule has 1 amide bonds. The Hall–Kier alpha value is -2.88. The molecule has 0 saturated heterocycles. The minimum atomic E-state index is -0.714. The average Bonchev–Trinajstić information content (AvgIpc) is 2.88. The first-order valence-corrected chi connectivity index (χ1v) is 9.07. The number of carbonyl (C=O) groups excluding carboxylic acids is 2. The Labute approximate surface area is 160 Å². The first-order valence-electron chi connectivity index (χ1n) is 9.07. The highest BCUT2D eigenvalue weighted by Gasteiger charge is 2.46. The highest BCUT2D eigenvalue weighted by atomic mass is 16.3. The topological polar surface area (TPSA) is 57.6 Å². The second-order valence-electron chi connectivity index (χ2n) is 8.05. The third-order valence-electron chi connectivity index (χ3n) is 5.08. The predicted molar refractivity (Wildman–Crippen MR) is 107 cm³/mol. The summed E-state index contributed by atoms with van der Waals surface area (Å²) in [4.78, 5) is 27.7. The molecule has 3 rings (SSSR count). The first kappa shape index (κ1) is 18.9. The van der Waals surface area contributed by atoms with Crippen molar-refractivity contribution in [3.8, 4) is 0 Å². The number of carbonyl (C=O) groups is 2. The van der Waals surface area contributed by atoms with Crippen molar-refractivity contribution in [1.29, 1.82) is 0 Å². The third kappa shape index (κ3) is 3.16. The van der Waals surface area contributed by atoms with Crippen LogP contribution in [0.5, 0.6) is 0 Å². The maximum absolute atomic E-state index is 13.1. The van der Waals surface area contributed by atoms with E-state index < -0.39 is 23.1 Å². The standard InChI is InChI=1S/C23H25NO3/c1-14-10-9-13-17(15(14)2)24-19(16-11-7-6-8-12-16)18(20(25)22(24)27)21(26)23(3,4)5/h6-13,19,25H,1-5H3. The van der Waals surface area contributed by atoms with E-state index in [1.165, 1.54) is 0 Å². The van der Waals surface area contributed by atoms with Crippen molar-refractivity contribution in [2.24, 2.45) is 5.41 Å². The average molecular weight is 363 g/mol. The van der Waals surface area contributed by atoms with Crippen LogP contribution in [0, 0.1) is 19.3 Å². The summed E-state index contributed by atoms with van der Waals surface area (Å²) in [5.74, 6) is -1.22. The van der Waals surface area contributed by atoms with E-state index in [4.69, 9.17) is 0 Å². The fraction of sp³-hybridized carbons (Fsp3) is 0.304. The molecule has 1 atom stereocenters. The second kappa shape index (κ2) is 6.69. The van der Waals surface area contributed by atoms with Crippen molar-refractivity contribution >= 4 is 17.4 Å². The van der Waals surface area contributed by atoms with Gasteiger partial charge < -0.3 is 5.11 Å². The van der Waals surface area contributed by atoms with E-state index in [1.807, 2.05) is 62.4 Å². The highest BCUT2D eigenvalue weighted by Crippen LogP contribution is 2.44. The van der Waals surface area contributed by atoms with E-state index in [0.717, 1.165) is 16.7 Å². The molecule has 27 heavy (non-hydrogen) atoms. The first-order chi connectivity index (χ1) is 12.6. The molecule has 1 aliphatic rings. The zero-order chi connectivity index (χ0) is 19.9. The van der Waals surface area contributed by atoms with Gasteiger partial charge in [-0.25, -0.2) is 0 Å². The summed E-state index contributed by atoms with van der Waals surface area (Å²) in [6, 6.07) is 14.5. The summed E-state index contributed by atoms with van der Waals surface area (Å²) >= 11 is 0. The van der Waals surface area contributed by atoms with Crippen molar-refractivity contribution in [3.05, 3.63) is 76.6 Å². The molecule has 4 nitrogen and oxygen atoms in total. The molecule has 0 fully saturated rings. The van der Waals surface area contributed by atoms with Crippen LogP contribution in [0.3, 0.4) is 0 Å². The predicted octanol–water partition coefficient (Wildman–Crippen LogP) is 4.82. The number of hydrogen-bond acceptors (Lipinski definition) is 3. The lowest BCUT2D eigenvalue weighted by atomic mass is 9.82. The number of hydrogen-bond donors (Lipinski definition) is 1. The van der Waals surface area contributed by atoms with E-state index in [0.29, 0.717) is 5.69 Å². The number of nitrogens with zero attached hydrogens (tertiary/aromatic N) is 1. The number of benzene rings is 2. The van der Waals surface area contributed by atoms with Gasteiger partial charge >= 0.3 is 0 Å². The molecular weight excluding hydrogens is 338 g/mol. The normalized spacial score (nSPS) is 17.6. The molecule has 0 aromatic heterocycles. The smallest absolute Gasteiger partial charge is 0.294 e. The van der Waals surface area contributed by atoms with E-state index in [1.54, 1.807) is 25.7 Å². The van der Waals surface area contributed by atoms with Crippen LogP contribution in [0.25, 0.3) is 0 Å². The van der Waals surface area contributed by atoms with Crippen LogP contribution in [0.4, 0.5) is 5.69 Å². The summed E-state index contributed by atoms with van der Waals surface area (Å²) < 4.78 is 0. The van der Waals surface area contributed by atoms with Gasteiger partial charge in [-0.1, -0.05) is 63.2 Å². The zero-order valence-corrected chi connectivity index (χ0v) is 16.4. The molecule has 0 bridgehead atoms. The van der Waals surface area contributed by atoms with Crippen molar-refractivity contribution in [3.63, 3.8) is 0 Å². The van der Waals surface area contributed by atoms with Gasteiger partial charge in [0.1, 0.15) is 0 Å². The van der Waals surface area contributed by atoms with Crippen molar-refractivity contribution in [1.82, 2.24) is 0 Å². The molecule has 1 N–H and O–H groups in total. The van der Waals surface area contributed by atoms with Crippen LogP contribution in [0.1, 0.15) is 43.5 Å². The Morgan fingerprint density at radius 3 is 2.22 bits per heavy atom. The van der Waals surface area contributed by atoms with Crippen LogP contribution < -0.4 is 4.90 Å². The Balaban J connectivity index is 2.25. The third-order valence-corrected chi connectivity index (χ3v) is 5.08. The molecule has 2 aromatic rings. The number of amides is 1. The molecule has 140 valence electrons. The second-order valence-corrected chi connectivity index (χ2v) is 8.05. The van der Waals surface area contributed by atoms with Gasteiger partial charge in [-0.2, -0.15) is 0 Å². The molecule has 0 saturated carbocycles. The summed E-state index contributed by atoms with van der Waals surface area (Å²) in [7, 11) is 0. The number of aliphatic hydroxyl groups excluding tert-OH is 1. The summed E-state index contributed by atoms with van der Waals surface area (Å²) in [6.45, 7) is 9.31. The van der Waals surface area contributed by atoms with Gasteiger partial charge in [0.25, 0.3) is 5.91 Å². The maximum Gasteiger partial charge on any atom is 0.294 e. The van der Waals surface area contributed by atoms with E-state index in [2.05, 4.69) is 0 Å². The lowest BCUT2D eigenvalue weighted by Gasteiger charge is -2.30. The number of Topliss-reactive ketones (excluding diaryl/α,β-unsaturated/α-hetero) is 1. The number of rotatable bonds is 3. The van der Waals surface area contributed by atoms with Gasteiger partial charge in [0.2, 0.25) is 0 Å². The van der Waals surface area contributed by atoms with Gasteiger partial charge in [-0.3, -0.25) is 14.5 Å². The Morgan fingerprint density at radius 1 is 1.00 bits per heavy atom. The fourth-order valence-corrected chi connectivity index (χ4v) is 3.44. The summed E-state index contributed by atoms with van der Waals surface area (Å²) in [6.07, 6.45) is 0. The van der Waals surface area contributed by atoms with Gasteiger partial charge in [0.15, 0.2) is 11.5 Å². The summed E-state index contributed by atoms with van der Waals surface area (Å²) in [5, 5.41) is 10.7. The molecular formula is C23H25NO3. The van der Waals surface area contributed by atoms with Crippen LogP contribution in [-0.4, -0.2) is 16.8 Å². The molecule has 1 aliphatic heterocycles.